The molecule has 0 radical (unpaired) electrons. The number of hydrogen-bond donors (Lipinski definition) is 0. The maximum Gasteiger partial charge on any atom is 0.284 e. The Balaban J connectivity index is 1.85. The van der Waals surface area contributed by atoms with Crippen molar-refractivity contribution >= 4 is 28.8 Å². The van der Waals surface area contributed by atoms with E-state index in [0.717, 1.165) is 16.2 Å². The van der Waals surface area contributed by atoms with E-state index in [2.05, 4.69) is 4.99 Å². The number of aliphatic imine (C=N–C) groups is 1. The van der Waals surface area contributed by atoms with Gasteiger partial charge in [0.1, 0.15) is 5.04 Å². The van der Waals surface area contributed by atoms with Crippen LogP contribution in [0.15, 0.2) is 64.5 Å². The summed E-state index contributed by atoms with van der Waals surface area (Å²) in [4.78, 5) is 16.8. The lowest BCUT2D eigenvalue weighted by atomic mass is 10.1. The van der Waals surface area contributed by atoms with E-state index in [4.69, 9.17) is 0 Å². The fraction of sp³-hybridized carbons (Fsp3) is 0.0588. The Morgan fingerprint density at radius 2 is 1.70 bits per heavy atom. The predicted molar refractivity (Wildman–Crippen MR) is 84.7 cm³/mol. The van der Waals surface area contributed by atoms with Crippen LogP contribution in [0.4, 0.5) is 0 Å². The zero-order valence-corrected chi connectivity index (χ0v) is 11.9. The molecular formula is C17H13NOS. The Morgan fingerprint density at radius 3 is 2.40 bits per heavy atom. The van der Waals surface area contributed by atoms with Crippen molar-refractivity contribution in [2.24, 2.45) is 4.99 Å². The van der Waals surface area contributed by atoms with Crippen LogP contribution in [0.25, 0.3) is 6.08 Å². The lowest BCUT2D eigenvalue weighted by Gasteiger charge is -1.99. The highest BCUT2D eigenvalue weighted by Crippen LogP contribution is 2.31. The molecule has 0 saturated heterocycles. The fourth-order valence-electron chi connectivity index (χ4n) is 1.93. The summed E-state index contributed by atoms with van der Waals surface area (Å²) in [5, 5.41) is 0.772. The molecule has 0 fully saturated rings. The van der Waals surface area contributed by atoms with Crippen molar-refractivity contribution in [1.29, 1.82) is 0 Å². The first-order valence-electron chi connectivity index (χ1n) is 6.37. The van der Waals surface area contributed by atoms with E-state index >= 15 is 0 Å². The number of rotatable bonds is 2. The molecule has 20 heavy (non-hydrogen) atoms. The molecule has 0 bridgehead atoms. The van der Waals surface area contributed by atoms with Gasteiger partial charge in [-0.3, -0.25) is 4.79 Å². The Bertz CT molecular complexity index is 700. The maximum absolute atomic E-state index is 12.0. The molecule has 2 nitrogen and oxygen atoms in total. The topological polar surface area (TPSA) is 29.4 Å². The van der Waals surface area contributed by atoms with Gasteiger partial charge in [-0.05, 0) is 18.6 Å². The third-order valence-electron chi connectivity index (χ3n) is 3.02. The fourth-order valence-corrected chi connectivity index (χ4v) is 2.85. The molecule has 0 spiro atoms. The first-order valence-corrected chi connectivity index (χ1v) is 7.19. The van der Waals surface area contributed by atoms with Gasteiger partial charge < -0.3 is 0 Å². The molecule has 0 aliphatic carbocycles. The maximum atomic E-state index is 12.0. The number of nitrogens with zero attached hydrogens (tertiary/aromatic N) is 1. The summed E-state index contributed by atoms with van der Waals surface area (Å²) in [6.07, 6.45) is 1.89. The summed E-state index contributed by atoms with van der Waals surface area (Å²) in [6, 6.07) is 17.9. The van der Waals surface area contributed by atoms with Crippen LogP contribution in [-0.2, 0) is 4.79 Å². The zero-order valence-electron chi connectivity index (χ0n) is 11.0. The summed E-state index contributed by atoms with van der Waals surface area (Å²) in [5.74, 6) is -0.158. The third-order valence-corrected chi connectivity index (χ3v) is 4.05. The molecule has 3 heteroatoms. The normalized spacial score (nSPS) is 16.6. The Labute approximate surface area is 122 Å². The first kappa shape index (κ1) is 12.9. The number of benzene rings is 2. The number of hydrogen-bond acceptors (Lipinski definition) is 2. The summed E-state index contributed by atoms with van der Waals surface area (Å²) < 4.78 is 0. The van der Waals surface area contributed by atoms with Crippen LogP contribution >= 0.6 is 11.8 Å². The van der Waals surface area contributed by atoms with Gasteiger partial charge in [0.25, 0.3) is 5.91 Å². The van der Waals surface area contributed by atoms with Crippen molar-refractivity contribution < 1.29 is 4.79 Å². The van der Waals surface area contributed by atoms with Crippen LogP contribution in [-0.4, -0.2) is 11.0 Å². The summed E-state index contributed by atoms with van der Waals surface area (Å²) in [6.45, 7) is 2.04. The molecule has 0 atom stereocenters. The SMILES string of the molecule is Cc1ccc(/C=C2\SC(c3ccccc3)=NC2=O)cc1. The molecular weight excluding hydrogens is 266 g/mol. The molecule has 98 valence electrons. The van der Waals surface area contributed by atoms with Gasteiger partial charge in [0.15, 0.2) is 0 Å². The number of carbonyl (C=O) groups excluding carboxylic acids is 1. The second-order valence-electron chi connectivity index (χ2n) is 4.61. The average molecular weight is 279 g/mol. The second-order valence-corrected chi connectivity index (χ2v) is 5.64. The molecule has 0 aromatic heterocycles. The molecule has 0 N–H and O–H groups in total. The van der Waals surface area contributed by atoms with E-state index in [0.29, 0.717) is 4.91 Å². The molecule has 3 rings (SSSR count). The average Bonchev–Trinajstić information content (AvgIpc) is 2.84. The third kappa shape index (κ3) is 2.73. The van der Waals surface area contributed by atoms with Gasteiger partial charge in [-0.2, -0.15) is 0 Å². The van der Waals surface area contributed by atoms with Gasteiger partial charge in [-0.1, -0.05) is 71.9 Å². The number of thioether (sulfide) groups is 1. The first-order chi connectivity index (χ1) is 9.72. The Morgan fingerprint density at radius 1 is 1.00 bits per heavy atom. The molecule has 0 unspecified atom stereocenters. The highest BCUT2D eigenvalue weighted by molar-refractivity contribution is 8.19. The number of carbonyl (C=O) groups is 1. The van der Waals surface area contributed by atoms with Gasteiger partial charge >= 0.3 is 0 Å². The van der Waals surface area contributed by atoms with Crippen LogP contribution in [0, 0.1) is 6.92 Å². The Kier molecular flexibility index (Phi) is 3.52. The van der Waals surface area contributed by atoms with Crippen molar-refractivity contribution in [2.45, 2.75) is 6.92 Å². The summed E-state index contributed by atoms with van der Waals surface area (Å²) in [5.41, 5.74) is 3.22. The van der Waals surface area contributed by atoms with Gasteiger partial charge in [-0.25, -0.2) is 4.99 Å². The second kappa shape index (κ2) is 5.47. The molecule has 0 saturated carbocycles. The van der Waals surface area contributed by atoms with E-state index in [1.165, 1.54) is 17.3 Å². The van der Waals surface area contributed by atoms with Crippen molar-refractivity contribution in [1.82, 2.24) is 0 Å². The molecule has 1 aliphatic heterocycles. The largest absolute Gasteiger partial charge is 0.284 e. The summed E-state index contributed by atoms with van der Waals surface area (Å²) in [7, 11) is 0. The van der Waals surface area contributed by atoms with E-state index in [1.54, 1.807) is 0 Å². The Hall–Kier alpha value is -2.13. The van der Waals surface area contributed by atoms with Crippen LogP contribution in [0.3, 0.4) is 0 Å². The molecule has 1 heterocycles. The minimum atomic E-state index is -0.158. The zero-order chi connectivity index (χ0) is 13.9. The monoisotopic (exact) mass is 279 g/mol. The van der Waals surface area contributed by atoms with Crippen molar-refractivity contribution in [3.63, 3.8) is 0 Å². The van der Waals surface area contributed by atoms with Gasteiger partial charge in [0.05, 0.1) is 4.91 Å². The smallest absolute Gasteiger partial charge is 0.266 e. The highest BCUT2D eigenvalue weighted by Gasteiger charge is 2.22. The van der Waals surface area contributed by atoms with Crippen molar-refractivity contribution in [2.75, 3.05) is 0 Å². The predicted octanol–water partition coefficient (Wildman–Crippen LogP) is 4.06. The summed E-state index contributed by atoms with van der Waals surface area (Å²) >= 11 is 1.43. The van der Waals surface area contributed by atoms with E-state index in [1.807, 2.05) is 67.6 Å². The van der Waals surface area contributed by atoms with Crippen LogP contribution in [0.2, 0.25) is 0 Å². The lowest BCUT2D eigenvalue weighted by molar-refractivity contribution is -0.113. The van der Waals surface area contributed by atoms with Crippen LogP contribution < -0.4 is 0 Å². The minimum absolute atomic E-state index is 0.158. The number of aryl methyl sites for hydroxylation is 1. The molecule has 2 aromatic rings. The highest BCUT2D eigenvalue weighted by atomic mass is 32.2. The molecule has 2 aromatic carbocycles. The standard InChI is InChI=1S/C17H13NOS/c1-12-7-9-13(10-8-12)11-15-16(19)18-17(20-15)14-5-3-2-4-6-14/h2-11H,1H3/b15-11-. The number of amides is 1. The van der Waals surface area contributed by atoms with Gasteiger partial charge in [0.2, 0.25) is 0 Å². The van der Waals surface area contributed by atoms with Gasteiger partial charge in [0, 0.05) is 5.56 Å². The van der Waals surface area contributed by atoms with E-state index in [-0.39, 0.29) is 5.91 Å². The quantitative estimate of drug-likeness (QED) is 0.776. The lowest BCUT2D eigenvalue weighted by Crippen LogP contribution is -1.89. The molecule has 1 amide bonds. The van der Waals surface area contributed by atoms with Crippen LogP contribution in [0.1, 0.15) is 16.7 Å². The van der Waals surface area contributed by atoms with Crippen LogP contribution in [0.5, 0.6) is 0 Å². The van der Waals surface area contributed by atoms with E-state index in [9.17, 15) is 4.79 Å². The molecule has 1 aliphatic rings. The van der Waals surface area contributed by atoms with Crippen molar-refractivity contribution in [3.05, 3.63) is 76.2 Å². The van der Waals surface area contributed by atoms with E-state index < -0.39 is 0 Å². The van der Waals surface area contributed by atoms with Gasteiger partial charge in [-0.15, -0.1) is 0 Å². The van der Waals surface area contributed by atoms with Crippen molar-refractivity contribution in [3.8, 4) is 0 Å². The minimum Gasteiger partial charge on any atom is -0.266 e.